The van der Waals surface area contributed by atoms with Crippen molar-refractivity contribution in [2.75, 3.05) is 13.1 Å². The highest BCUT2D eigenvalue weighted by atomic mass is 15.2. The maximum Gasteiger partial charge on any atom is 0.0281 e. The number of hydrogen-bond acceptors (Lipinski definition) is 2. The van der Waals surface area contributed by atoms with Gasteiger partial charge in [0.25, 0.3) is 0 Å². The number of nitrogens with zero attached hydrogens (tertiary/aromatic N) is 1. The lowest BCUT2D eigenvalue weighted by Crippen LogP contribution is -2.37. The van der Waals surface area contributed by atoms with E-state index in [1.807, 2.05) is 0 Å². The highest BCUT2D eigenvalue weighted by molar-refractivity contribution is 5.01. The molecule has 1 aliphatic heterocycles. The molecule has 0 amide bonds. The van der Waals surface area contributed by atoms with Crippen LogP contribution >= 0.6 is 0 Å². The van der Waals surface area contributed by atoms with E-state index in [0.717, 1.165) is 18.5 Å². The Bertz CT molecular complexity index is 212. The van der Waals surface area contributed by atoms with Crippen LogP contribution in [0.25, 0.3) is 0 Å². The minimum absolute atomic E-state index is 0.704. The maximum absolute atomic E-state index is 5.74. The molecule has 2 nitrogen and oxygen atoms in total. The Morgan fingerprint density at radius 2 is 2.36 bits per heavy atom. The first-order chi connectivity index (χ1) is 6.81. The second-order valence-electron chi connectivity index (χ2n) is 4.81. The fourth-order valence-corrected chi connectivity index (χ4v) is 2.87. The van der Waals surface area contributed by atoms with Crippen LogP contribution in [0.5, 0.6) is 0 Å². The van der Waals surface area contributed by atoms with Gasteiger partial charge in [-0.15, -0.1) is 0 Å². The van der Waals surface area contributed by atoms with Gasteiger partial charge in [-0.25, -0.2) is 0 Å². The summed E-state index contributed by atoms with van der Waals surface area (Å²) in [6.07, 6.45) is 10.0. The van der Waals surface area contributed by atoms with Crippen molar-refractivity contribution >= 4 is 0 Å². The standard InChI is InChI=1S/C12H22N2/c1-10-7-11(8-13)9-14(10)12-5-3-2-4-6-12/h3,5,10-12H,2,4,6-9,13H2,1H3. The van der Waals surface area contributed by atoms with Crippen LogP contribution in [0, 0.1) is 5.92 Å². The van der Waals surface area contributed by atoms with Gasteiger partial charge in [-0.1, -0.05) is 12.2 Å². The largest absolute Gasteiger partial charge is 0.330 e. The van der Waals surface area contributed by atoms with Crippen molar-refractivity contribution in [1.29, 1.82) is 0 Å². The molecule has 2 N–H and O–H groups in total. The van der Waals surface area contributed by atoms with Crippen molar-refractivity contribution < 1.29 is 0 Å². The second kappa shape index (κ2) is 4.45. The molecule has 1 heterocycles. The smallest absolute Gasteiger partial charge is 0.0281 e. The predicted molar refractivity (Wildman–Crippen MR) is 60.1 cm³/mol. The first kappa shape index (κ1) is 10.2. The summed E-state index contributed by atoms with van der Waals surface area (Å²) >= 11 is 0. The summed E-state index contributed by atoms with van der Waals surface area (Å²) in [5.74, 6) is 0.736. The Balaban J connectivity index is 1.96. The second-order valence-corrected chi connectivity index (χ2v) is 4.81. The molecule has 0 aromatic rings. The van der Waals surface area contributed by atoms with Crippen molar-refractivity contribution in [3.63, 3.8) is 0 Å². The summed E-state index contributed by atoms with van der Waals surface area (Å²) in [6.45, 7) is 4.42. The van der Waals surface area contributed by atoms with E-state index in [2.05, 4.69) is 24.0 Å². The fourth-order valence-electron chi connectivity index (χ4n) is 2.87. The van der Waals surface area contributed by atoms with Gasteiger partial charge >= 0.3 is 0 Å². The lowest BCUT2D eigenvalue weighted by Gasteiger charge is -2.31. The van der Waals surface area contributed by atoms with Gasteiger partial charge in [0.15, 0.2) is 0 Å². The van der Waals surface area contributed by atoms with E-state index in [0.29, 0.717) is 6.04 Å². The van der Waals surface area contributed by atoms with Gasteiger partial charge in [-0.2, -0.15) is 0 Å². The van der Waals surface area contributed by atoms with Crippen molar-refractivity contribution in [3.05, 3.63) is 12.2 Å². The molecule has 0 saturated carbocycles. The van der Waals surface area contributed by atoms with Crippen molar-refractivity contribution in [3.8, 4) is 0 Å². The SMILES string of the molecule is CC1CC(CN)CN1C1C=CCCC1. The van der Waals surface area contributed by atoms with Crippen LogP contribution in [0.15, 0.2) is 12.2 Å². The lowest BCUT2D eigenvalue weighted by atomic mass is 10.0. The summed E-state index contributed by atoms with van der Waals surface area (Å²) in [4.78, 5) is 2.65. The quantitative estimate of drug-likeness (QED) is 0.679. The first-order valence-electron chi connectivity index (χ1n) is 5.93. The van der Waals surface area contributed by atoms with E-state index in [1.54, 1.807) is 0 Å². The molecule has 0 spiro atoms. The maximum atomic E-state index is 5.74. The van der Waals surface area contributed by atoms with Gasteiger partial charge in [-0.05, 0) is 45.1 Å². The third-order valence-corrected chi connectivity index (χ3v) is 3.70. The zero-order valence-electron chi connectivity index (χ0n) is 9.15. The van der Waals surface area contributed by atoms with E-state index in [1.165, 1.54) is 32.2 Å². The van der Waals surface area contributed by atoms with Gasteiger partial charge in [0.1, 0.15) is 0 Å². The Hall–Kier alpha value is -0.340. The third-order valence-electron chi connectivity index (χ3n) is 3.70. The molecule has 2 rings (SSSR count). The Morgan fingerprint density at radius 3 is 2.93 bits per heavy atom. The van der Waals surface area contributed by atoms with Crippen LogP contribution in [0.3, 0.4) is 0 Å². The monoisotopic (exact) mass is 194 g/mol. The van der Waals surface area contributed by atoms with E-state index in [4.69, 9.17) is 5.73 Å². The summed E-state index contributed by atoms with van der Waals surface area (Å²) in [6, 6.07) is 1.44. The Labute approximate surface area is 87.2 Å². The van der Waals surface area contributed by atoms with Crippen molar-refractivity contribution in [2.24, 2.45) is 11.7 Å². The number of allylic oxidation sites excluding steroid dienone is 1. The molecule has 1 aliphatic carbocycles. The van der Waals surface area contributed by atoms with Crippen molar-refractivity contribution in [1.82, 2.24) is 4.90 Å². The number of nitrogens with two attached hydrogens (primary N) is 1. The molecular weight excluding hydrogens is 172 g/mol. The zero-order chi connectivity index (χ0) is 9.97. The van der Waals surface area contributed by atoms with Gasteiger partial charge in [0, 0.05) is 18.6 Å². The highest BCUT2D eigenvalue weighted by Gasteiger charge is 2.32. The van der Waals surface area contributed by atoms with Crippen LogP contribution < -0.4 is 5.73 Å². The molecule has 0 aromatic heterocycles. The molecule has 3 unspecified atom stereocenters. The van der Waals surface area contributed by atoms with E-state index in [9.17, 15) is 0 Å². The number of likely N-dealkylation sites (tertiary alicyclic amines) is 1. The molecule has 2 aliphatic rings. The fraction of sp³-hybridized carbons (Fsp3) is 0.833. The van der Waals surface area contributed by atoms with Crippen LogP contribution in [0.1, 0.15) is 32.6 Å². The molecule has 0 bridgehead atoms. The topological polar surface area (TPSA) is 29.3 Å². The number of rotatable bonds is 2. The first-order valence-corrected chi connectivity index (χ1v) is 5.93. The average Bonchev–Trinajstić information content (AvgIpc) is 2.61. The predicted octanol–water partition coefficient (Wildman–Crippen LogP) is 1.76. The average molecular weight is 194 g/mol. The van der Waals surface area contributed by atoms with E-state index >= 15 is 0 Å². The molecule has 80 valence electrons. The summed E-state index contributed by atoms with van der Waals surface area (Å²) in [5, 5.41) is 0. The molecule has 0 radical (unpaired) electrons. The van der Waals surface area contributed by atoms with Gasteiger partial charge < -0.3 is 5.73 Å². The van der Waals surface area contributed by atoms with Crippen LogP contribution in [0.4, 0.5) is 0 Å². The molecule has 1 saturated heterocycles. The summed E-state index contributed by atoms with van der Waals surface area (Å²) < 4.78 is 0. The van der Waals surface area contributed by atoms with Gasteiger partial charge in [-0.3, -0.25) is 4.90 Å². The molecular formula is C12H22N2. The zero-order valence-corrected chi connectivity index (χ0v) is 9.15. The number of hydrogen-bond donors (Lipinski definition) is 1. The summed E-state index contributed by atoms with van der Waals surface area (Å²) in [7, 11) is 0. The van der Waals surface area contributed by atoms with Gasteiger partial charge in [0.2, 0.25) is 0 Å². The minimum atomic E-state index is 0.704. The summed E-state index contributed by atoms with van der Waals surface area (Å²) in [5.41, 5.74) is 5.74. The van der Waals surface area contributed by atoms with E-state index < -0.39 is 0 Å². The highest BCUT2D eigenvalue weighted by Crippen LogP contribution is 2.28. The van der Waals surface area contributed by atoms with Crippen LogP contribution in [-0.4, -0.2) is 30.1 Å². The molecule has 1 fully saturated rings. The minimum Gasteiger partial charge on any atom is -0.330 e. The lowest BCUT2D eigenvalue weighted by molar-refractivity contribution is 0.204. The van der Waals surface area contributed by atoms with Crippen LogP contribution in [0.2, 0.25) is 0 Å². The molecule has 0 aromatic carbocycles. The molecule has 14 heavy (non-hydrogen) atoms. The third kappa shape index (κ3) is 2.01. The van der Waals surface area contributed by atoms with E-state index in [-0.39, 0.29) is 0 Å². The van der Waals surface area contributed by atoms with Crippen LogP contribution in [-0.2, 0) is 0 Å². The Kier molecular flexibility index (Phi) is 3.24. The normalized spacial score (nSPS) is 39.1. The van der Waals surface area contributed by atoms with Crippen molar-refractivity contribution in [2.45, 2.75) is 44.7 Å². The molecule has 3 atom stereocenters. The molecule has 2 heteroatoms. The van der Waals surface area contributed by atoms with Gasteiger partial charge in [0.05, 0.1) is 0 Å². The Morgan fingerprint density at radius 1 is 1.50 bits per heavy atom.